The molecule has 0 saturated carbocycles. The predicted molar refractivity (Wildman–Crippen MR) is 170 cm³/mol. The van der Waals surface area contributed by atoms with Crippen molar-refractivity contribution in [2.24, 2.45) is 0 Å². The van der Waals surface area contributed by atoms with E-state index < -0.39 is 0 Å². The van der Waals surface area contributed by atoms with E-state index in [1.54, 1.807) is 0 Å². The van der Waals surface area contributed by atoms with E-state index >= 15 is 0 Å². The second-order valence-corrected chi connectivity index (χ2v) is 10.3. The summed E-state index contributed by atoms with van der Waals surface area (Å²) in [5.74, 6) is 1.01. The Morgan fingerprint density at radius 1 is 0.537 bits per heavy atom. The van der Waals surface area contributed by atoms with Crippen molar-refractivity contribution in [3.63, 3.8) is 0 Å². The van der Waals surface area contributed by atoms with Crippen LogP contribution in [-0.4, -0.2) is 26.2 Å². The molecule has 0 aliphatic rings. The number of anilines is 2. The summed E-state index contributed by atoms with van der Waals surface area (Å²) in [6.07, 6.45) is 0.0979. The van der Waals surface area contributed by atoms with E-state index in [2.05, 4.69) is 0 Å². The molecule has 0 fully saturated rings. The number of hydrogen-bond donors (Lipinski definition) is 0. The van der Waals surface area contributed by atoms with Gasteiger partial charge in [-0.3, -0.25) is 9.59 Å². The molecule has 0 atom stereocenters. The lowest BCUT2D eigenvalue weighted by Gasteiger charge is -2.25. The highest BCUT2D eigenvalue weighted by molar-refractivity contribution is 6.07. The molecule has 0 aliphatic carbocycles. The largest absolute Gasteiger partial charge is 0.440 e. The number of hydrogen-bond acceptors (Lipinski definition) is 6. The normalized spacial score (nSPS) is 11.6. The molecule has 0 amide bonds. The maximum Gasteiger partial charge on any atom is 0.203 e. The lowest BCUT2D eigenvalue weighted by molar-refractivity contribution is 0.563. The summed E-state index contributed by atoms with van der Waals surface area (Å²) in [5.41, 5.74) is 1.79. The number of fused-ring (bicyclic) bond motifs is 6. The van der Waals surface area contributed by atoms with E-state index in [4.69, 9.17) is 8.83 Å². The molecule has 208 valence electrons. The highest BCUT2D eigenvalue weighted by atomic mass is 16.4. The third-order valence-electron chi connectivity index (χ3n) is 8.17. The van der Waals surface area contributed by atoms with Crippen LogP contribution in [0.1, 0.15) is 38.8 Å². The van der Waals surface area contributed by atoms with E-state index in [1.807, 2.05) is 110 Å². The first kappa shape index (κ1) is 26.6. The van der Waals surface area contributed by atoms with Crippen LogP contribution in [0.3, 0.4) is 0 Å². The zero-order chi connectivity index (χ0) is 28.7. The molecule has 0 aliphatic heterocycles. The lowest BCUT2D eigenvalue weighted by Crippen LogP contribution is -2.29. The zero-order valence-electron chi connectivity index (χ0n) is 24.0. The van der Waals surface area contributed by atoms with E-state index in [0.717, 1.165) is 21.5 Å². The number of benzene rings is 4. The van der Waals surface area contributed by atoms with Crippen LogP contribution in [0.25, 0.3) is 43.5 Å². The van der Waals surface area contributed by atoms with Crippen LogP contribution in [0.15, 0.2) is 91.2 Å². The molecule has 6 rings (SSSR count). The van der Waals surface area contributed by atoms with Gasteiger partial charge in [-0.05, 0) is 61.4 Å². The molecule has 6 nitrogen and oxygen atoms in total. The van der Waals surface area contributed by atoms with Gasteiger partial charge < -0.3 is 18.6 Å². The lowest BCUT2D eigenvalue weighted by atomic mass is 9.98. The Balaban J connectivity index is 1.71. The molecule has 2 heterocycles. The first-order chi connectivity index (χ1) is 20.0. The smallest absolute Gasteiger partial charge is 0.203 e. The van der Waals surface area contributed by atoms with Crippen LogP contribution in [0.4, 0.5) is 11.8 Å². The SMILES string of the molecule is CCN(CC)c1oc2ccc3ccccc3c2c(=O)c1Cc1c(N(CC)CC)oc2ccc3ccccc3c2c1=O. The maximum atomic E-state index is 14.5. The van der Waals surface area contributed by atoms with Gasteiger partial charge in [-0.1, -0.05) is 60.7 Å². The van der Waals surface area contributed by atoms with Crippen molar-refractivity contribution in [1.29, 1.82) is 0 Å². The molecule has 4 aromatic carbocycles. The molecule has 0 unspecified atom stereocenters. The summed E-state index contributed by atoms with van der Waals surface area (Å²) in [6, 6.07) is 23.4. The van der Waals surface area contributed by atoms with Crippen LogP contribution in [0.2, 0.25) is 0 Å². The van der Waals surface area contributed by atoms with Crippen molar-refractivity contribution in [3.8, 4) is 0 Å². The van der Waals surface area contributed by atoms with Gasteiger partial charge in [0, 0.05) is 32.6 Å². The third kappa shape index (κ3) is 4.34. The average Bonchev–Trinajstić information content (AvgIpc) is 3.00. The van der Waals surface area contributed by atoms with Crippen molar-refractivity contribution in [1.82, 2.24) is 0 Å². The molecule has 2 aromatic heterocycles. The van der Waals surface area contributed by atoms with Crippen molar-refractivity contribution in [2.45, 2.75) is 34.1 Å². The van der Waals surface area contributed by atoms with Gasteiger partial charge in [0.1, 0.15) is 11.2 Å². The summed E-state index contributed by atoms with van der Waals surface area (Å²) in [4.78, 5) is 33.0. The van der Waals surface area contributed by atoms with E-state index in [0.29, 0.717) is 71.0 Å². The maximum absolute atomic E-state index is 14.5. The quantitative estimate of drug-likeness (QED) is 0.184. The van der Waals surface area contributed by atoms with Gasteiger partial charge in [0.05, 0.1) is 21.9 Å². The van der Waals surface area contributed by atoms with Gasteiger partial charge in [-0.25, -0.2) is 0 Å². The molecule has 0 bridgehead atoms. The standard InChI is InChI=1S/C35H34N2O4/c1-5-36(6-2)34-26(32(38)30-24-15-11-9-13-22(24)17-19-28(30)40-34)21-27-33(39)31-25-16-12-10-14-23(25)18-20-29(31)41-35(27)37(7-3)8-4/h9-20H,5-8,21H2,1-4H3. The molecular weight excluding hydrogens is 512 g/mol. The molecule has 41 heavy (non-hydrogen) atoms. The van der Waals surface area contributed by atoms with Crippen LogP contribution in [0, 0.1) is 0 Å². The van der Waals surface area contributed by atoms with Crippen molar-refractivity contribution in [2.75, 3.05) is 36.0 Å². The van der Waals surface area contributed by atoms with E-state index in [1.165, 1.54) is 0 Å². The second-order valence-electron chi connectivity index (χ2n) is 10.3. The average molecular weight is 547 g/mol. The Morgan fingerprint density at radius 3 is 1.32 bits per heavy atom. The van der Waals surface area contributed by atoms with Gasteiger partial charge >= 0.3 is 0 Å². The first-order valence-electron chi connectivity index (χ1n) is 14.4. The molecule has 0 spiro atoms. The van der Waals surface area contributed by atoms with Crippen LogP contribution >= 0.6 is 0 Å². The minimum atomic E-state index is -0.118. The van der Waals surface area contributed by atoms with Crippen LogP contribution < -0.4 is 20.7 Å². The van der Waals surface area contributed by atoms with Gasteiger partial charge in [0.25, 0.3) is 0 Å². The highest BCUT2D eigenvalue weighted by Crippen LogP contribution is 2.33. The van der Waals surface area contributed by atoms with Crippen molar-refractivity contribution >= 4 is 55.3 Å². The molecule has 0 radical (unpaired) electrons. The molecular formula is C35H34N2O4. The third-order valence-corrected chi connectivity index (χ3v) is 8.17. The Kier molecular flexibility index (Phi) is 7.00. The fraction of sp³-hybridized carbons (Fsp3) is 0.257. The Morgan fingerprint density at radius 2 is 0.927 bits per heavy atom. The number of rotatable bonds is 8. The van der Waals surface area contributed by atoms with E-state index in [9.17, 15) is 9.59 Å². The Bertz CT molecular complexity index is 1880. The molecule has 6 heteroatoms. The van der Waals surface area contributed by atoms with E-state index in [-0.39, 0.29) is 17.3 Å². The van der Waals surface area contributed by atoms with Crippen molar-refractivity contribution < 1.29 is 8.83 Å². The summed E-state index contributed by atoms with van der Waals surface area (Å²) in [6.45, 7) is 10.8. The Labute approximate surface area is 238 Å². The first-order valence-corrected chi connectivity index (χ1v) is 14.4. The monoisotopic (exact) mass is 546 g/mol. The molecule has 6 aromatic rings. The van der Waals surface area contributed by atoms with Crippen LogP contribution in [0.5, 0.6) is 0 Å². The molecule has 0 N–H and O–H groups in total. The topological polar surface area (TPSA) is 66.9 Å². The highest BCUT2D eigenvalue weighted by Gasteiger charge is 2.26. The van der Waals surface area contributed by atoms with Gasteiger partial charge in [-0.2, -0.15) is 0 Å². The summed E-state index contributed by atoms with van der Waals surface area (Å²) in [5, 5.41) is 4.69. The van der Waals surface area contributed by atoms with Gasteiger partial charge in [0.15, 0.2) is 10.9 Å². The minimum absolute atomic E-state index is 0.0979. The zero-order valence-corrected chi connectivity index (χ0v) is 24.0. The summed E-state index contributed by atoms with van der Waals surface area (Å²) < 4.78 is 13.1. The molecule has 0 saturated heterocycles. The second kappa shape index (κ2) is 10.8. The van der Waals surface area contributed by atoms with Gasteiger partial charge in [0.2, 0.25) is 11.8 Å². The minimum Gasteiger partial charge on any atom is -0.440 e. The predicted octanol–water partition coefficient (Wildman–Crippen LogP) is 7.49. The fourth-order valence-electron chi connectivity index (χ4n) is 5.99. The van der Waals surface area contributed by atoms with Gasteiger partial charge in [-0.15, -0.1) is 0 Å². The van der Waals surface area contributed by atoms with Crippen LogP contribution in [-0.2, 0) is 6.42 Å². The Hall–Kier alpha value is -4.58. The number of nitrogens with zero attached hydrogens (tertiary/aromatic N) is 2. The summed E-state index contributed by atoms with van der Waals surface area (Å²) in [7, 11) is 0. The fourth-order valence-corrected chi connectivity index (χ4v) is 5.99. The summed E-state index contributed by atoms with van der Waals surface area (Å²) >= 11 is 0. The van der Waals surface area contributed by atoms with Crippen molar-refractivity contribution in [3.05, 3.63) is 104 Å².